The van der Waals surface area contributed by atoms with Crippen molar-refractivity contribution in [1.82, 2.24) is 15.6 Å². The number of amides is 1. The minimum atomic E-state index is -0.428. The maximum absolute atomic E-state index is 12.3. The van der Waals surface area contributed by atoms with Gasteiger partial charge < -0.3 is 25.4 Å². The third kappa shape index (κ3) is 9.46. The van der Waals surface area contributed by atoms with Crippen LogP contribution in [0.5, 0.6) is 0 Å². The number of alkyl carbamates (subject to hydrolysis) is 1. The van der Waals surface area contributed by atoms with E-state index in [9.17, 15) is 9.59 Å². The highest BCUT2D eigenvalue weighted by Gasteiger charge is 2.19. The van der Waals surface area contributed by atoms with Gasteiger partial charge in [0.05, 0.1) is 12.6 Å². The van der Waals surface area contributed by atoms with E-state index in [2.05, 4.69) is 40.2 Å². The molecule has 0 fully saturated rings. The highest BCUT2D eigenvalue weighted by atomic mass is 16.5. The molecule has 0 saturated heterocycles. The van der Waals surface area contributed by atoms with Gasteiger partial charge in [0.15, 0.2) is 0 Å². The molecule has 1 atom stereocenters. The second kappa shape index (κ2) is 16.6. The van der Waals surface area contributed by atoms with Gasteiger partial charge in [0, 0.05) is 29.9 Å². The minimum absolute atomic E-state index is 0.240. The fraction of sp³-hybridized carbons (Fsp3) is 0.485. The van der Waals surface area contributed by atoms with Gasteiger partial charge in [-0.1, -0.05) is 55.0 Å². The number of aryl methyl sites for hydroxylation is 1. The Morgan fingerprint density at radius 1 is 0.878 bits per heavy atom. The molecule has 2 aromatic carbocycles. The molecule has 0 saturated carbocycles. The first-order chi connectivity index (χ1) is 20.2. The largest absolute Gasteiger partial charge is 0.468 e. The Kier molecular flexibility index (Phi) is 12.3. The molecule has 1 amide bonds. The van der Waals surface area contributed by atoms with Crippen LogP contribution in [0.15, 0.2) is 54.6 Å². The molecule has 4 rings (SSSR count). The summed E-state index contributed by atoms with van der Waals surface area (Å²) >= 11 is 0. The number of pyridine rings is 1. The molecule has 0 bridgehead atoms. The van der Waals surface area contributed by atoms with E-state index >= 15 is 0 Å². The molecule has 41 heavy (non-hydrogen) atoms. The van der Waals surface area contributed by atoms with E-state index in [1.807, 2.05) is 30.3 Å². The monoisotopic (exact) mass is 560 g/mol. The first-order valence-electron chi connectivity index (χ1n) is 15.1. The summed E-state index contributed by atoms with van der Waals surface area (Å²) in [4.78, 5) is 29.1. The van der Waals surface area contributed by atoms with Crippen molar-refractivity contribution in [3.8, 4) is 0 Å². The third-order valence-corrected chi connectivity index (χ3v) is 7.60. The van der Waals surface area contributed by atoms with Gasteiger partial charge in [-0.25, -0.2) is 4.79 Å². The van der Waals surface area contributed by atoms with Crippen molar-refractivity contribution in [2.45, 2.75) is 76.9 Å². The van der Waals surface area contributed by atoms with Gasteiger partial charge in [-0.3, -0.25) is 9.78 Å². The van der Waals surface area contributed by atoms with Crippen LogP contribution in [0.2, 0.25) is 0 Å². The number of fused-ring (bicyclic) bond motifs is 2. The molecule has 220 valence electrons. The molecule has 8 heteroatoms. The summed E-state index contributed by atoms with van der Waals surface area (Å²) in [7, 11) is 1.43. The molecule has 0 aliphatic heterocycles. The number of unbranched alkanes of at least 4 members (excludes halogenated alkanes) is 3. The zero-order chi connectivity index (χ0) is 28.7. The minimum Gasteiger partial charge on any atom is -0.468 e. The first kappa shape index (κ1) is 30.3. The fourth-order valence-corrected chi connectivity index (χ4v) is 5.37. The number of para-hydroxylation sites is 1. The zero-order valence-electron chi connectivity index (χ0n) is 24.3. The third-order valence-electron chi connectivity index (χ3n) is 7.60. The van der Waals surface area contributed by atoms with Gasteiger partial charge in [-0.05, 0) is 81.5 Å². The fourth-order valence-electron chi connectivity index (χ4n) is 5.37. The number of ether oxygens (including phenoxy) is 2. The Bertz CT molecular complexity index is 1250. The molecule has 1 aromatic heterocycles. The smallest absolute Gasteiger partial charge is 0.407 e. The molecule has 0 radical (unpaired) electrons. The molecule has 3 aromatic rings. The van der Waals surface area contributed by atoms with E-state index in [0.717, 1.165) is 69.1 Å². The lowest BCUT2D eigenvalue weighted by Gasteiger charge is -2.21. The van der Waals surface area contributed by atoms with Gasteiger partial charge in [0.2, 0.25) is 0 Å². The maximum Gasteiger partial charge on any atom is 0.407 e. The molecule has 8 nitrogen and oxygen atoms in total. The lowest BCUT2D eigenvalue weighted by atomic mass is 9.92. The molecule has 1 aliphatic rings. The van der Waals surface area contributed by atoms with Crippen molar-refractivity contribution in [3.05, 3.63) is 71.4 Å². The number of nitrogens with one attached hydrogen (secondary N) is 3. The number of benzene rings is 2. The SMILES string of the molecule is COC(=O)[C@H](CCCCNC(=O)OCc1ccccc1)NCCCCCNc1c2c(nc3ccccc13)CCCC2. The summed E-state index contributed by atoms with van der Waals surface area (Å²) < 4.78 is 10.2. The quantitative estimate of drug-likeness (QED) is 0.148. The predicted octanol–water partition coefficient (Wildman–Crippen LogP) is 5.92. The highest BCUT2D eigenvalue weighted by molar-refractivity contribution is 5.93. The number of nitrogens with zero attached hydrogens (tertiary/aromatic N) is 1. The first-order valence-corrected chi connectivity index (χ1v) is 15.1. The van der Waals surface area contributed by atoms with Crippen LogP contribution in [-0.2, 0) is 33.7 Å². The van der Waals surface area contributed by atoms with E-state index in [4.69, 9.17) is 14.5 Å². The van der Waals surface area contributed by atoms with Crippen molar-refractivity contribution in [2.75, 3.05) is 32.1 Å². The van der Waals surface area contributed by atoms with Crippen molar-refractivity contribution in [3.63, 3.8) is 0 Å². The van der Waals surface area contributed by atoms with Crippen molar-refractivity contribution >= 4 is 28.7 Å². The van der Waals surface area contributed by atoms with E-state index in [-0.39, 0.29) is 18.6 Å². The predicted molar refractivity (Wildman–Crippen MR) is 163 cm³/mol. The van der Waals surface area contributed by atoms with Crippen LogP contribution in [-0.4, -0.2) is 49.8 Å². The number of methoxy groups -OCH3 is 1. The molecule has 1 aliphatic carbocycles. The topological polar surface area (TPSA) is 102 Å². The molecule has 3 N–H and O–H groups in total. The molecular weight excluding hydrogens is 516 g/mol. The van der Waals surface area contributed by atoms with E-state index < -0.39 is 6.09 Å². The van der Waals surface area contributed by atoms with Crippen LogP contribution < -0.4 is 16.0 Å². The van der Waals surface area contributed by atoms with Crippen LogP contribution in [0.3, 0.4) is 0 Å². The van der Waals surface area contributed by atoms with Crippen molar-refractivity contribution in [2.24, 2.45) is 0 Å². The summed E-state index contributed by atoms with van der Waals surface area (Å²) in [6.07, 6.45) is 9.51. The Balaban J connectivity index is 1.10. The standard InChI is InChI=1S/C33H44N4O4/c1-40-32(38)30(20-10-13-23-36-33(39)41-24-25-14-4-2-5-15-25)34-21-11-3-12-22-35-31-26-16-6-8-18-28(26)37-29-19-9-7-17-27(29)31/h2,4-6,8,14-16,18,30,34H,3,7,9-13,17,19-24H2,1H3,(H,35,37)(H,36,39)/t30-/m0/s1. The van der Waals surface area contributed by atoms with Crippen LogP contribution in [0, 0.1) is 0 Å². The lowest BCUT2D eigenvalue weighted by Crippen LogP contribution is -2.38. The summed E-state index contributed by atoms with van der Waals surface area (Å²) in [5, 5.41) is 11.1. The maximum atomic E-state index is 12.3. The van der Waals surface area contributed by atoms with Gasteiger partial charge in [-0.15, -0.1) is 0 Å². The lowest BCUT2D eigenvalue weighted by molar-refractivity contribution is -0.143. The van der Waals surface area contributed by atoms with E-state index in [0.29, 0.717) is 13.0 Å². The van der Waals surface area contributed by atoms with Crippen LogP contribution in [0.25, 0.3) is 10.9 Å². The Morgan fingerprint density at radius 3 is 2.49 bits per heavy atom. The Morgan fingerprint density at radius 2 is 1.63 bits per heavy atom. The normalized spacial score (nSPS) is 13.3. The Labute approximate surface area is 243 Å². The second-order valence-corrected chi connectivity index (χ2v) is 10.6. The number of rotatable bonds is 16. The summed E-state index contributed by atoms with van der Waals surface area (Å²) in [5.74, 6) is -0.240. The van der Waals surface area contributed by atoms with E-state index in [1.54, 1.807) is 0 Å². The average Bonchev–Trinajstić information content (AvgIpc) is 3.01. The number of carbonyl (C=O) groups is 2. The highest BCUT2D eigenvalue weighted by Crippen LogP contribution is 2.33. The van der Waals surface area contributed by atoms with Crippen molar-refractivity contribution in [1.29, 1.82) is 0 Å². The zero-order valence-corrected chi connectivity index (χ0v) is 24.3. The molecule has 0 spiro atoms. The molecular formula is C33H44N4O4. The molecule has 1 heterocycles. The summed E-state index contributed by atoms with van der Waals surface area (Å²) in [5.41, 5.74) is 5.96. The number of hydrogen-bond donors (Lipinski definition) is 3. The van der Waals surface area contributed by atoms with Crippen LogP contribution in [0.4, 0.5) is 10.5 Å². The van der Waals surface area contributed by atoms with Gasteiger partial charge in [0.25, 0.3) is 0 Å². The summed E-state index contributed by atoms with van der Waals surface area (Å²) in [6.45, 7) is 2.43. The van der Waals surface area contributed by atoms with Crippen molar-refractivity contribution < 1.29 is 19.1 Å². The van der Waals surface area contributed by atoms with E-state index in [1.165, 1.54) is 42.3 Å². The number of esters is 1. The Hall–Kier alpha value is -3.65. The summed E-state index contributed by atoms with van der Waals surface area (Å²) in [6, 6.07) is 17.7. The number of aromatic nitrogens is 1. The molecule has 0 unspecified atom stereocenters. The van der Waals surface area contributed by atoms with Gasteiger partial charge in [0.1, 0.15) is 12.6 Å². The number of anilines is 1. The average molecular weight is 561 g/mol. The van der Waals surface area contributed by atoms with Crippen LogP contribution in [0.1, 0.15) is 68.2 Å². The number of hydrogen-bond acceptors (Lipinski definition) is 7. The second-order valence-electron chi connectivity index (χ2n) is 10.6. The van der Waals surface area contributed by atoms with Gasteiger partial charge in [-0.2, -0.15) is 0 Å². The number of carbonyl (C=O) groups excluding carboxylic acids is 2. The van der Waals surface area contributed by atoms with Crippen LogP contribution >= 0.6 is 0 Å². The van der Waals surface area contributed by atoms with Gasteiger partial charge >= 0.3 is 12.1 Å².